The van der Waals surface area contributed by atoms with Gasteiger partial charge in [0.15, 0.2) is 6.61 Å². The van der Waals surface area contributed by atoms with Crippen molar-refractivity contribution < 1.29 is 9.53 Å². The predicted octanol–water partition coefficient (Wildman–Crippen LogP) is 4.76. The second kappa shape index (κ2) is 8.62. The van der Waals surface area contributed by atoms with Crippen molar-refractivity contribution in [3.63, 3.8) is 0 Å². The molecule has 0 bridgehead atoms. The standard InChI is InChI=1S/C22H20N2O2/c1-17-7-11-19(12-8-17)23-15-18-9-13-21(14-10-18)26-16-22(25)24-20-5-3-2-4-6-20/h2-15H,16H2,1H3,(H,24,25). The van der Waals surface area contributed by atoms with Gasteiger partial charge in [0.05, 0.1) is 5.69 Å². The van der Waals surface area contributed by atoms with E-state index in [0.29, 0.717) is 5.75 Å². The van der Waals surface area contributed by atoms with Gasteiger partial charge in [-0.25, -0.2) is 0 Å². The summed E-state index contributed by atoms with van der Waals surface area (Å²) < 4.78 is 5.51. The van der Waals surface area contributed by atoms with Crippen LogP contribution in [0.4, 0.5) is 11.4 Å². The van der Waals surface area contributed by atoms with Crippen LogP contribution < -0.4 is 10.1 Å². The summed E-state index contributed by atoms with van der Waals surface area (Å²) in [7, 11) is 0. The average molecular weight is 344 g/mol. The number of hydrogen-bond acceptors (Lipinski definition) is 3. The molecule has 26 heavy (non-hydrogen) atoms. The van der Waals surface area contributed by atoms with Gasteiger partial charge in [0.2, 0.25) is 0 Å². The van der Waals surface area contributed by atoms with E-state index in [9.17, 15) is 4.79 Å². The zero-order valence-electron chi connectivity index (χ0n) is 14.6. The third-order valence-corrected chi connectivity index (χ3v) is 3.70. The first kappa shape index (κ1) is 17.4. The topological polar surface area (TPSA) is 50.7 Å². The van der Waals surface area contributed by atoms with Gasteiger partial charge < -0.3 is 10.1 Å². The zero-order chi connectivity index (χ0) is 18.2. The number of benzene rings is 3. The van der Waals surface area contributed by atoms with E-state index in [1.54, 1.807) is 6.21 Å². The van der Waals surface area contributed by atoms with Crippen LogP contribution in [-0.2, 0) is 4.79 Å². The van der Waals surface area contributed by atoms with E-state index in [1.165, 1.54) is 5.56 Å². The summed E-state index contributed by atoms with van der Waals surface area (Å²) in [4.78, 5) is 16.3. The lowest BCUT2D eigenvalue weighted by Crippen LogP contribution is -2.20. The Bertz CT molecular complexity index is 870. The molecule has 0 saturated carbocycles. The SMILES string of the molecule is Cc1ccc(N=Cc2ccc(OCC(=O)Nc3ccccc3)cc2)cc1. The van der Waals surface area contributed by atoms with E-state index in [4.69, 9.17) is 4.74 Å². The fraction of sp³-hybridized carbons (Fsp3) is 0.0909. The van der Waals surface area contributed by atoms with Gasteiger partial charge in [0, 0.05) is 11.9 Å². The van der Waals surface area contributed by atoms with E-state index in [0.717, 1.165) is 16.9 Å². The highest BCUT2D eigenvalue weighted by Gasteiger charge is 2.03. The maximum Gasteiger partial charge on any atom is 0.262 e. The van der Waals surface area contributed by atoms with Crippen LogP contribution in [0.5, 0.6) is 5.75 Å². The molecule has 1 amide bonds. The van der Waals surface area contributed by atoms with Gasteiger partial charge in [-0.3, -0.25) is 9.79 Å². The Morgan fingerprint density at radius 3 is 2.35 bits per heavy atom. The molecule has 3 rings (SSSR count). The summed E-state index contributed by atoms with van der Waals surface area (Å²) in [6.07, 6.45) is 1.80. The summed E-state index contributed by atoms with van der Waals surface area (Å²) >= 11 is 0. The molecule has 3 aromatic rings. The van der Waals surface area contributed by atoms with Crippen LogP contribution in [0, 0.1) is 6.92 Å². The monoisotopic (exact) mass is 344 g/mol. The second-order valence-electron chi connectivity index (χ2n) is 5.87. The first-order valence-electron chi connectivity index (χ1n) is 8.37. The van der Waals surface area contributed by atoms with E-state index in [1.807, 2.05) is 85.8 Å². The number of nitrogens with zero attached hydrogens (tertiary/aromatic N) is 1. The van der Waals surface area contributed by atoms with E-state index in [-0.39, 0.29) is 12.5 Å². The molecule has 0 saturated heterocycles. The Balaban J connectivity index is 1.51. The lowest BCUT2D eigenvalue weighted by molar-refractivity contribution is -0.118. The van der Waals surface area contributed by atoms with Gasteiger partial charge in [-0.2, -0.15) is 0 Å². The molecule has 0 heterocycles. The highest BCUT2D eigenvalue weighted by Crippen LogP contribution is 2.15. The number of ether oxygens (including phenoxy) is 1. The van der Waals surface area contributed by atoms with Gasteiger partial charge in [0.25, 0.3) is 5.91 Å². The van der Waals surface area contributed by atoms with Crippen molar-refractivity contribution >= 4 is 23.5 Å². The molecule has 0 aliphatic rings. The number of aryl methyl sites for hydroxylation is 1. The minimum absolute atomic E-state index is 0.0360. The molecular formula is C22H20N2O2. The smallest absolute Gasteiger partial charge is 0.262 e. The van der Waals surface area contributed by atoms with Crippen molar-refractivity contribution in [2.24, 2.45) is 4.99 Å². The number of aliphatic imine (C=N–C) groups is 1. The number of carbonyl (C=O) groups excluding carboxylic acids is 1. The first-order valence-corrected chi connectivity index (χ1v) is 8.37. The Labute approximate surface area is 153 Å². The molecule has 3 aromatic carbocycles. The van der Waals surface area contributed by atoms with Crippen LogP contribution in [0.1, 0.15) is 11.1 Å². The molecule has 0 aliphatic heterocycles. The summed E-state index contributed by atoms with van der Waals surface area (Å²) in [5, 5.41) is 2.78. The number of hydrogen-bond donors (Lipinski definition) is 1. The summed E-state index contributed by atoms with van der Waals surface area (Å²) in [6, 6.07) is 24.8. The van der Waals surface area contributed by atoms with Gasteiger partial charge in [-0.15, -0.1) is 0 Å². The lowest BCUT2D eigenvalue weighted by atomic mass is 10.2. The number of rotatable bonds is 6. The number of amides is 1. The molecule has 0 spiro atoms. The van der Waals surface area contributed by atoms with Crippen molar-refractivity contribution in [1.29, 1.82) is 0 Å². The Kier molecular flexibility index (Phi) is 5.78. The number of anilines is 1. The van der Waals surface area contributed by atoms with Crippen molar-refractivity contribution in [2.75, 3.05) is 11.9 Å². The zero-order valence-corrected chi connectivity index (χ0v) is 14.6. The van der Waals surface area contributed by atoms with Crippen molar-refractivity contribution in [3.05, 3.63) is 90.0 Å². The van der Waals surface area contributed by atoms with Gasteiger partial charge in [-0.1, -0.05) is 35.9 Å². The maximum atomic E-state index is 11.9. The number of carbonyl (C=O) groups is 1. The van der Waals surface area contributed by atoms with E-state index < -0.39 is 0 Å². The minimum Gasteiger partial charge on any atom is -0.484 e. The molecule has 4 heteroatoms. The third kappa shape index (κ3) is 5.31. The molecule has 0 fully saturated rings. The normalized spacial score (nSPS) is 10.7. The fourth-order valence-electron chi connectivity index (χ4n) is 2.30. The minimum atomic E-state index is -0.193. The van der Waals surface area contributed by atoms with Crippen molar-refractivity contribution in [3.8, 4) is 5.75 Å². The molecule has 4 nitrogen and oxygen atoms in total. The van der Waals surface area contributed by atoms with Crippen LogP contribution in [-0.4, -0.2) is 18.7 Å². The molecule has 0 aromatic heterocycles. The predicted molar refractivity (Wildman–Crippen MR) is 105 cm³/mol. The fourth-order valence-corrected chi connectivity index (χ4v) is 2.30. The highest BCUT2D eigenvalue weighted by atomic mass is 16.5. The van der Waals surface area contributed by atoms with Crippen LogP contribution in [0.15, 0.2) is 83.9 Å². The summed E-state index contributed by atoms with van der Waals surface area (Å²) in [5.74, 6) is 0.446. The quantitative estimate of drug-likeness (QED) is 0.655. The first-order chi connectivity index (χ1) is 12.7. The number of para-hydroxylation sites is 1. The van der Waals surface area contributed by atoms with Gasteiger partial charge >= 0.3 is 0 Å². The summed E-state index contributed by atoms with van der Waals surface area (Å²) in [5.41, 5.74) is 3.84. The average Bonchev–Trinajstić information content (AvgIpc) is 2.67. The Morgan fingerprint density at radius 1 is 0.962 bits per heavy atom. The lowest BCUT2D eigenvalue weighted by Gasteiger charge is -2.07. The molecule has 0 radical (unpaired) electrons. The van der Waals surface area contributed by atoms with Crippen LogP contribution in [0.25, 0.3) is 0 Å². The van der Waals surface area contributed by atoms with E-state index in [2.05, 4.69) is 10.3 Å². The summed E-state index contributed by atoms with van der Waals surface area (Å²) in [6.45, 7) is 2.01. The molecule has 0 unspecified atom stereocenters. The maximum absolute atomic E-state index is 11.9. The molecule has 0 aliphatic carbocycles. The molecule has 130 valence electrons. The van der Waals surface area contributed by atoms with Gasteiger partial charge in [-0.05, 0) is 61.0 Å². The molecular weight excluding hydrogens is 324 g/mol. The van der Waals surface area contributed by atoms with Gasteiger partial charge in [0.1, 0.15) is 5.75 Å². The Hall–Kier alpha value is -3.40. The largest absolute Gasteiger partial charge is 0.484 e. The molecule has 1 N–H and O–H groups in total. The molecule has 0 atom stereocenters. The van der Waals surface area contributed by atoms with Crippen LogP contribution in [0.3, 0.4) is 0 Å². The third-order valence-electron chi connectivity index (χ3n) is 3.70. The van der Waals surface area contributed by atoms with Crippen molar-refractivity contribution in [1.82, 2.24) is 0 Å². The van der Waals surface area contributed by atoms with E-state index >= 15 is 0 Å². The van der Waals surface area contributed by atoms with Crippen LogP contribution >= 0.6 is 0 Å². The number of nitrogens with one attached hydrogen (secondary N) is 1. The highest BCUT2D eigenvalue weighted by molar-refractivity contribution is 5.91. The second-order valence-corrected chi connectivity index (χ2v) is 5.87. The Morgan fingerprint density at radius 2 is 1.65 bits per heavy atom. The van der Waals surface area contributed by atoms with Crippen LogP contribution in [0.2, 0.25) is 0 Å². The van der Waals surface area contributed by atoms with Crippen molar-refractivity contribution in [2.45, 2.75) is 6.92 Å².